The van der Waals surface area contributed by atoms with Gasteiger partial charge in [-0.3, -0.25) is 4.79 Å². The molecule has 98 valence electrons. The van der Waals surface area contributed by atoms with Crippen LogP contribution < -0.4 is 10.6 Å². The molecule has 0 spiro atoms. The molecule has 0 aromatic rings. The molecule has 0 unspecified atom stereocenters. The van der Waals surface area contributed by atoms with Crippen molar-refractivity contribution in [2.24, 2.45) is 0 Å². The Morgan fingerprint density at radius 1 is 1.24 bits per heavy atom. The fourth-order valence-corrected chi connectivity index (χ4v) is 1.70. The zero-order valence-electron chi connectivity index (χ0n) is 11.0. The highest BCUT2D eigenvalue weighted by Gasteiger charge is 2.34. The Balaban J connectivity index is 2.61. The molecule has 0 bridgehead atoms. The molecule has 1 heterocycles. The van der Waals surface area contributed by atoms with Crippen molar-refractivity contribution in [3.63, 3.8) is 0 Å². The first kappa shape index (κ1) is 13.8. The molecular weight excluding hydrogens is 220 g/mol. The van der Waals surface area contributed by atoms with E-state index in [1.54, 1.807) is 32.8 Å². The summed E-state index contributed by atoms with van der Waals surface area (Å²) >= 11 is 0. The summed E-state index contributed by atoms with van der Waals surface area (Å²) in [5.41, 5.74) is -0.862. The maximum absolute atomic E-state index is 12.2. The molecule has 3 amide bonds. The van der Waals surface area contributed by atoms with E-state index in [2.05, 4.69) is 10.6 Å². The topological polar surface area (TPSA) is 64.7 Å². The summed E-state index contributed by atoms with van der Waals surface area (Å²) in [5, 5.41) is 5.92. The predicted molar refractivity (Wildman–Crippen MR) is 65.7 cm³/mol. The van der Waals surface area contributed by atoms with Gasteiger partial charge < -0.3 is 20.4 Å². The lowest BCUT2D eigenvalue weighted by Crippen LogP contribution is -2.60. The van der Waals surface area contributed by atoms with E-state index >= 15 is 0 Å². The van der Waals surface area contributed by atoms with Gasteiger partial charge in [0, 0.05) is 40.3 Å². The average molecular weight is 242 g/mol. The lowest BCUT2D eigenvalue weighted by molar-refractivity contribution is -0.137. The molecule has 6 nitrogen and oxygen atoms in total. The molecule has 0 saturated carbocycles. The van der Waals surface area contributed by atoms with Crippen LogP contribution in [0.5, 0.6) is 0 Å². The van der Waals surface area contributed by atoms with Crippen molar-refractivity contribution < 1.29 is 9.59 Å². The Morgan fingerprint density at radius 3 is 2.24 bits per heavy atom. The van der Waals surface area contributed by atoms with Gasteiger partial charge in [0.2, 0.25) is 5.91 Å². The average Bonchev–Trinajstić information content (AvgIpc) is 2.28. The summed E-state index contributed by atoms with van der Waals surface area (Å²) in [6, 6.07) is -0.251. The molecule has 1 rings (SSSR count). The number of rotatable bonds is 2. The third-order valence-electron chi connectivity index (χ3n) is 2.76. The number of nitrogens with one attached hydrogen (secondary N) is 2. The monoisotopic (exact) mass is 242 g/mol. The summed E-state index contributed by atoms with van der Waals surface area (Å²) in [4.78, 5) is 27.0. The van der Waals surface area contributed by atoms with Gasteiger partial charge in [-0.05, 0) is 13.8 Å². The number of carbonyl (C=O) groups is 2. The van der Waals surface area contributed by atoms with E-state index in [1.165, 1.54) is 4.90 Å². The van der Waals surface area contributed by atoms with E-state index in [-0.39, 0.29) is 11.9 Å². The van der Waals surface area contributed by atoms with Crippen molar-refractivity contribution in [1.29, 1.82) is 0 Å². The van der Waals surface area contributed by atoms with Crippen LogP contribution in [0.4, 0.5) is 4.79 Å². The molecule has 0 aromatic heterocycles. The third-order valence-corrected chi connectivity index (χ3v) is 2.76. The molecule has 0 atom stereocenters. The van der Waals surface area contributed by atoms with Crippen LogP contribution in [-0.2, 0) is 4.79 Å². The Bertz CT molecular complexity index is 296. The second-order valence-electron chi connectivity index (χ2n) is 4.99. The number of carbonyl (C=O) groups excluding carboxylic acids is 2. The lowest BCUT2D eigenvalue weighted by atomic mass is 10.0. The molecule has 1 aliphatic rings. The van der Waals surface area contributed by atoms with E-state index in [0.717, 1.165) is 13.1 Å². The van der Waals surface area contributed by atoms with Gasteiger partial charge >= 0.3 is 6.03 Å². The summed E-state index contributed by atoms with van der Waals surface area (Å²) in [6.07, 6.45) is 0. The van der Waals surface area contributed by atoms with Crippen LogP contribution in [0, 0.1) is 0 Å². The Labute approximate surface area is 102 Å². The number of urea groups is 1. The van der Waals surface area contributed by atoms with Gasteiger partial charge in [-0.2, -0.15) is 0 Å². The maximum Gasteiger partial charge on any atom is 0.317 e. The van der Waals surface area contributed by atoms with E-state index < -0.39 is 5.54 Å². The van der Waals surface area contributed by atoms with E-state index in [4.69, 9.17) is 0 Å². The Morgan fingerprint density at radius 2 is 1.76 bits per heavy atom. The van der Waals surface area contributed by atoms with Crippen molar-refractivity contribution in [2.75, 3.05) is 40.3 Å². The van der Waals surface area contributed by atoms with Gasteiger partial charge in [-0.15, -0.1) is 0 Å². The number of amides is 3. The standard InChI is InChI=1S/C11H22N4O2/c1-11(2,13-10(17)14(3)4)9(16)15-7-5-12-6-8-15/h12H,5-8H2,1-4H3,(H,13,17). The van der Waals surface area contributed by atoms with Crippen LogP contribution >= 0.6 is 0 Å². The van der Waals surface area contributed by atoms with Gasteiger partial charge in [0.15, 0.2) is 0 Å². The summed E-state index contributed by atoms with van der Waals surface area (Å²) in [7, 11) is 3.31. The maximum atomic E-state index is 12.2. The highest BCUT2D eigenvalue weighted by molar-refractivity contribution is 5.90. The first-order chi connectivity index (χ1) is 7.84. The van der Waals surface area contributed by atoms with Gasteiger partial charge in [0.1, 0.15) is 5.54 Å². The number of piperazine rings is 1. The van der Waals surface area contributed by atoms with Crippen molar-refractivity contribution in [1.82, 2.24) is 20.4 Å². The zero-order chi connectivity index (χ0) is 13.1. The van der Waals surface area contributed by atoms with Crippen LogP contribution in [0.3, 0.4) is 0 Å². The van der Waals surface area contributed by atoms with E-state index in [1.807, 2.05) is 0 Å². The Hall–Kier alpha value is -1.30. The van der Waals surface area contributed by atoms with Crippen LogP contribution in [-0.4, -0.2) is 67.6 Å². The van der Waals surface area contributed by atoms with Crippen molar-refractivity contribution >= 4 is 11.9 Å². The largest absolute Gasteiger partial charge is 0.338 e. The van der Waals surface area contributed by atoms with Crippen molar-refractivity contribution in [3.05, 3.63) is 0 Å². The van der Waals surface area contributed by atoms with Gasteiger partial charge in [0.05, 0.1) is 0 Å². The lowest BCUT2D eigenvalue weighted by Gasteiger charge is -2.35. The minimum absolute atomic E-state index is 0.0331. The number of hydrogen-bond acceptors (Lipinski definition) is 3. The zero-order valence-corrected chi connectivity index (χ0v) is 11.0. The second-order valence-corrected chi connectivity index (χ2v) is 4.99. The van der Waals surface area contributed by atoms with Crippen LogP contribution in [0.2, 0.25) is 0 Å². The summed E-state index contributed by atoms with van der Waals surface area (Å²) in [6.45, 7) is 6.48. The first-order valence-corrected chi connectivity index (χ1v) is 5.84. The SMILES string of the molecule is CN(C)C(=O)NC(C)(C)C(=O)N1CCNCC1. The normalized spacial score (nSPS) is 16.6. The predicted octanol–water partition coefficient (Wildman–Crippen LogP) is -0.532. The summed E-state index contributed by atoms with van der Waals surface area (Å²) in [5.74, 6) is -0.0331. The number of nitrogens with zero attached hydrogens (tertiary/aromatic N) is 2. The highest BCUT2D eigenvalue weighted by Crippen LogP contribution is 2.09. The molecule has 0 aromatic carbocycles. The summed E-state index contributed by atoms with van der Waals surface area (Å²) < 4.78 is 0. The van der Waals surface area contributed by atoms with Gasteiger partial charge in [-0.1, -0.05) is 0 Å². The molecule has 6 heteroatoms. The third kappa shape index (κ3) is 3.59. The molecule has 1 fully saturated rings. The molecule has 0 aliphatic carbocycles. The Kier molecular flexibility index (Phi) is 4.34. The van der Waals surface area contributed by atoms with Crippen LogP contribution in [0.1, 0.15) is 13.8 Å². The fraction of sp³-hybridized carbons (Fsp3) is 0.818. The van der Waals surface area contributed by atoms with Crippen LogP contribution in [0.25, 0.3) is 0 Å². The van der Waals surface area contributed by atoms with Gasteiger partial charge in [-0.25, -0.2) is 4.79 Å². The molecule has 0 radical (unpaired) electrons. The highest BCUT2D eigenvalue weighted by atomic mass is 16.2. The molecule has 1 saturated heterocycles. The first-order valence-electron chi connectivity index (χ1n) is 5.84. The minimum Gasteiger partial charge on any atom is -0.338 e. The van der Waals surface area contributed by atoms with E-state index in [0.29, 0.717) is 13.1 Å². The molecule has 1 aliphatic heterocycles. The molecule has 17 heavy (non-hydrogen) atoms. The molecular formula is C11H22N4O2. The fourth-order valence-electron chi connectivity index (χ4n) is 1.70. The molecule has 2 N–H and O–H groups in total. The van der Waals surface area contributed by atoms with Crippen molar-refractivity contribution in [3.8, 4) is 0 Å². The van der Waals surface area contributed by atoms with Gasteiger partial charge in [0.25, 0.3) is 0 Å². The van der Waals surface area contributed by atoms with Crippen molar-refractivity contribution in [2.45, 2.75) is 19.4 Å². The quantitative estimate of drug-likeness (QED) is 0.684. The minimum atomic E-state index is -0.862. The smallest absolute Gasteiger partial charge is 0.317 e. The van der Waals surface area contributed by atoms with Crippen LogP contribution in [0.15, 0.2) is 0 Å². The van der Waals surface area contributed by atoms with E-state index in [9.17, 15) is 9.59 Å². The second kappa shape index (κ2) is 5.35. The number of hydrogen-bond donors (Lipinski definition) is 2.